The van der Waals surface area contributed by atoms with Crippen LogP contribution in [0.15, 0.2) is 60.7 Å². The summed E-state index contributed by atoms with van der Waals surface area (Å²) in [5, 5.41) is 0. The average molecular weight is 317 g/mol. The fourth-order valence-corrected chi connectivity index (χ4v) is 3.70. The van der Waals surface area contributed by atoms with Gasteiger partial charge in [-0.3, -0.25) is 14.5 Å². The third-order valence-corrected chi connectivity index (χ3v) is 5.06. The molecule has 1 heterocycles. The smallest absolute Gasteiger partial charge is 0.238 e. The average Bonchev–Trinajstić information content (AvgIpc) is 2.87. The predicted octanol–water partition coefficient (Wildman–Crippen LogP) is 3.98. The Morgan fingerprint density at radius 2 is 1.54 bits per heavy atom. The minimum Gasteiger partial charge on any atom is -0.274 e. The summed E-state index contributed by atoms with van der Waals surface area (Å²) in [7, 11) is 0. The first-order valence-electron chi connectivity index (χ1n) is 8.34. The molecule has 120 valence electrons. The number of rotatable bonds is 2. The molecule has 24 heavy (non-hydrogen) atoms. The molecule has 1 aliphatic carbocycles. The lowest BCUT2D eigenvalue weighted by Gasteiger charge is -2.21. The molecule has 1 fully saturated rings. The van der Waals surface area contributed by atoms with Crippen LogP contribution in [0.1, 0.15) is 24.0 Å². The van der Waals surface area contributed by atoms with E-state index >= 15 is 0 Å². The first-order chi connectivity index (χ1) is 11.6. The Balaban J connectivity index is 1.63. The van der Waals surface area contributed by atoms with Gasteiger partial charge in [0, 0.05) is 0 Å². The summed E-state index contributed by atoms with van der Waals surface area (Å²) in [5.41, 5.74) is 4.11. The number of nitrogens with zero attached hydrogens (tertiary/aromatic N) is 1. The number of aryl methyl sites for hydroxylation is 1. The van der Waals surface area contributed by atoms with Crippen LogP contribution in [0.3, 0.4) is 0 Å². The van der Waals surface area contributed by atoms with E-state index in [9.17, 15) is 9.59 Å². The van der Waals surface area contributed by atoms with Crippen molar-refractivity contribution in [3.8, 4) is 0 Å². The fourth-order valence-electron chi connectivity index (χ4n) is 3.70. The van der Waals surface area contributed by atoms with Gasteiger partial charge < -0.3 is 0 Å². The number of allylic oxidation sites excluding steroid dienone is 2. The maximum atomic E-state index is 12.9. The molecular formula is C21H19NO2. The maximum absolute atomic E-state index is 12.9. The highest BCUT2D eigenvalue weighted by atomic mass is 16.2. The number of benzene rings is 2. The highest BCUT2D eigenvalue weighted by Gasteiger charge is 2.49. The molecule has 2 aromatic carbocycles. The van der Waals surface area contributed by atoms with Crippen molar-refractivity contribution in [1.82, 2.24) is 0 Å². The lowest BCUT2D eigenvalue weighted by Crippen LogP contribution is -2.30. The van der Waals surface area contributed by atoms with Gasteiger partial charge in [0.1, 0.15) is 0 Å². The molecule has 3 heteroatoms. The third-order valence-electron chi connectivity index (χ3n) is 5.06. The topological polar surface area (TPSA) is 37.4 Å². The number of imide groups is 1. The monoisotopic (exact) mass is 317 g/mol. The molecule has 3 nitrogen and oxygen atoms in total. The van der Waals surface area contributed by atoms with E-state index in [1.165, 1.54) is 10.5 Å². The second-order valence-electron chi connectivity index (χ2n) is 6.60. The minimum absolute atomic E-state index is 0.0581. The number of carbonyl (C=O) groups is 2. The van der Waals surface area contributed by atoms with Crippen LogP contribution in [0, 0.1) is 18.8 Å². The Hall–Kier alpha value is -2.68. The first kappa shape index (κ1) is 14.9. The van der Waals surface area contributed by atoms with Gasteiger partial charge in [0.05, 0.1) is 17.5 Å². The van der Waals surface area contributed by atoms with Crippen molar-refractivity contribution in [3.05, 3.63) is 71.8 Å². The van der Waals surface area contributed by atoms with E-state index in [2.05, 4.69) is 18.2 Å². The largest absolute Gasteiger partial charge is 0.274 e. The number of anilines is 1. The van der Waals surface area contributed by atoms with E-state index in [0.717, 1.165) is 11.1 Å². The van der Waals surface area contributed by atoms with Gasteiger partial charge in [0.15, 0.2) is 0 Å². The van der Waals surface area contributed by atoms with Crippen molar-refractivity contribution in [2.24, 2.45) is 11.8 Å². The Labute approximate surface area is 141 Å². The Morgan fingerprint density at radius 3 is 2.25 bits per heavy atom. The summed E-state index contributed by atoms with van der Waals surface area (Å²) < 4.78 is 0. The molecule has 0 spiro atoms. The zero-order valence-electron chi connectivity index (χ0n) is 13.6. The number of hydrogen-bond donors (Lipinski definition) is 0. The van der Waals surface area contributed by atoms with Crippen molar-refractivity contribution in [1.29, 1.82) is 0 Å². The highest BCUT2D eigenvalue weighted by molar-refractivity contribution is 6.22. The Bertz CT molecular complexity index is 821. The molecule has 1 aliphatic heterocycles. The maximum Gasteiger partial charge on any atom is 0.238 e. The predicted molar refractivity (Wildman–Crippen MR) is 94.3 cm³/mol. The second-order valence-corrected chi connectivity index (χ2v) is 6.60. The summed E-state index contributed by atoms with van der Waals surface area (Å²) in [5.74, 6) is -0.571. The zero-order valence-corrected chi connectivity index (χ0v) is 13.6. The molecule has 2 amide bonds. The van der Waals surface area contributed by atoms with Crippen molar-refractivity contribution in [3.63, 3.8) is 0 Å². The van der Waals surface area contributed by atoms with E-state index in [1.54, 1.807) is 0 Å². The van der Waals surface area contributed by atoms with Gasteiger partial charge in [-0.2, -0.15) is 0 Å². The summed E-state index contributed by atoms with van der Waals surface area (Å²) >= 11 is 0. The summed E-state index contributed by atoms with van der Waals surface area (Å²) in [6, 6.07) is 17.7. The number of hydrogen-bond acceptors (Lipinski definition) is 2. The van der Waals surface area contributed by atoms with Crippen LogP contribution in [0.2, 0.25) is 0 Å². The van der Waals surface area contributed by atoms with Gasteiger partial charge in [0.2, 0.25) is 11.8 Å². The molecule has 4 rings (SSSR count). The van der Waals surface area contributed by atoms with Crippen molar-refractivity contribution in [2.75, 3.05) is 4.90 Å². The van der Waals surface area contributed by atoms with Gasteiger partial charge in [-0.15, -0.1) is 0 Å². The van der Waals surface area contributed by atoms with Gasteiger partial charge >= 0.3 is 0 Å². The van der Waals surface area contributed by atoms with Crippen molar-refractivity contribution < 1.29 is 9.59 Å². The molecule has 2 atom stereocenters. The quantitative estimate of drug-likeness (QED) is 0.786. The molecule has 2 aromatic rings. The normalized spacial score (nSPS) is 23.2. The van der Waals surface area contributed by atoms with E-state index in [-0.39, 0.29) is 23.7 Å². The van der Waals surface area contributed by atoms with Crippen LogP contribution in [0.5, 0.6) is 0 Å². The lowest BCUT2D eigenvalue weighted by molar-refractivity contribution is -0.122. The summed E-state index contributed by atoms with van der Waals surface area (Å²) in [6.45, 7) is 1.99. The van der Waals surface area contributed by atoms with E-state index in [1.807, 2.05) is 49.4 Å². The fraction of sp³-hybridized carbons (Fsp3) is 0.238. The van der Waals surface area contributed by atoms with E-state index in [4.69, 9.17) is 0 Å². The van der Waals surface area contributed by atoms with Crippen LogP contribution in [-0.4, -0.2) is 11.8 Å². The summed E-state index contributed by atoms with van der Waals surface area (Å²) in [4.78, 5) is 27.0. The molecule has 0 radical (unpaired) electrons. The summed E-state index contributed by atoms with van der Waals surface area (Å²) in [6.07, 6.45) is 3.41. The minimum atomic E-state index is -0.237. The molecule has 0 unspecified atom stereocenters. The molecule has 2 aliphatic rings. The van der Waals surface area contributed by atoms with Crippen molar-refractivity contribution in [2.45, 2.75) is 19.8 Å². The molecule has 0 saturated carbocycles. The molecule has 0 aromatic heterocycles. The van der Waals surface area contributed by atoms with Crippen LogP contribution >= 0.6 is 0 Å². The van der Waals surface area contributed by atoms with E-state index in [0.29, 0.717) is 18.5 Å². The van der Waals surface area contributed by atoms with Gasteiger partial charge in [0.25, 0.3) is 0 Å². The van der Waals surface area contributed by atoms with Gasteiger partial charge in [-0.05, 0) is 43.0 Å². The highest BCUT2D eigenvalue weighted by Crippen LogP contribution is 2.42. The Kier molecular flexibility index (Phi) is 3.57. The van der Waals surface area contributed by atoms with Crippen LogP contribution in [0.4, 0.5) is 5.69 Å². The van der Waals surface area contributed by atoms with E-state index < -0.39 is 0 Å². The third kappa shape index (κ3) is 2.37. The number of carbonyl (C=O) groups excluding carboxylic acids is 2. The Morgan fingerprint density at radius 1 is 0.875 bits per heavy atom. The first-order valence-corrected chi connectivity index (χ1v) is 8.34. The number of amides is 2. The molecule has 0 N–H and O–H groups in total. The molecule has 0 bridgehead atoms. The SMILES string of the molecule is Cc1ccc(N2C(=O)[C@H]3CC=C(c4ccccc4)C[C@H]3C2=O)cc1. The molecule has 1 saturated heterocycles. The van der Waals surface area contributed by atoms with Crippen LogP contribution in [0.25, 0.3) is 5.57 Å². The molecular weight excluding hydrogens is 298 g/mol. The lowest BCUT2D eigenvalue weighted by atomic mass is 9.79. The van der Waals surface area contributed by atoms with Crippen LogP contribution < -0.4 is 4.90 Å². The van der Waals surface area contributed by atoms with Crippen LogP contribution in [-0.2, 0) is 9.59 Å². The number of fused-ring (bicyclic) bond motifs is 1. The van der Waals surface area contributed by atoms with Gasteiger partial charge in [-0.25, -0.2) is 0 Å². The zero-order chi connectivity index (χ0) is 16.7. The van der Waals surface area contributed by atoms with Gasteiger partial charge in [-0.1, -0.05) is 54.1 Å². The van der Waals surface area contributed by atoms with Crippen molar-refractivity contribution >= 4 is 23.1 Å². The standard InChI is InChI=1S/C21H19NO2/c1-14-7-10-17(11-8-14)22-20(23)18-12-9-16(13-19(18)21(22)24)15-5-3-2-4-6-15/h2-11,18-19H,12-13H2,1H3/t18-,19+/m0/s1. The second kappa shape index (κ2) is 5.75.